The van der Waals surface area contributed by atoms with Crippen LogP contribution in [0.3, 0.4) is 0 Å². The van der Waals surface area contributed by atoms with E-state index in [9.17, 15) is 0 Å². The monoisotopic (exact) mass is 197 g/mol. The van der Waals surface area contributed by atoms with E-state index < -0.39 is 0 Å². The second-order valence-electron chi connectivity index (χ2n) is 5.22. The van der Waals surface area contributed by atoms with Crippen molar-refractivity contribution in [1.29, 1.82) is 0 Å². The van der Waals surface area contributed by atoms with E-state index in [-0.39, 0.29) is 5.60 Å². The SMILES string of the molecule is COC1(CNC2CC2)CCC(C)CC1. The molecule has 2 nitrogen and oxygen atoms in total. The topological polar surface area (TPSA) is 21.3 Å². The molecule has 1 N–H and O–H groups in total. The molecule has 0 unspecified atom stereocenters. The normalized spacial score (nSPS) is 38.6. The van der Waals surface area contributed by atoms with Crippen LogP contribution in [0.2, 0.25) is 0 Å². The molecule has 0 aliphatic heterocycles. The molecule has 2 aliphatic carbocycles. The molecule has 0 saturated heterocycles. The van der Waals surface area contributed by atoms with Gasteiger partial charge in [0.2, 0.25) is 0 Å². The van der Waals surface area contributed by atoms with Gasteiger partial charge in [-0.05, 0) is 44.4 Å². The van der Waals surface area contributed by atoms with Crippen molar-refractivity contribution in [2.45, 2.75) is 57.1 Å². The van der Waals surface area contributed by atoms with Crippen molar-refractivity contribution in [3.8, 4) is 0 Å². The van der Waals surface area contributed by atoms with Gasteiger partial charge in [-0.2, -0.15) is 0 Å². The van der Waals surface area contributed by atoms with Crippen LogP contribution in [0.4, 0.5) is 0 Å². The summed E-state index contributed by atoms with van der Waals surface area (Å²) in [5.41, 5.74) is 0.162. The van der Waals surface area contributed by atoms with Crippen molar-refractivity contribution in [3.05, 3.63) is 0 Å². The third-order valence-electron chi connectivity index (χ3n) is 3.91. The number of hydrogen-bond donors (Lipinski definition) is 1. The minimum absolute atomic E-state index is 0.162. The van der Waals surface area contributed by atoms with Gasteiger partial charge in [0.15, 0.2) is 0 Å². The molecule has 0 aromatic carbocycles. The molecule has 2 fully saturated rings. The fraction of sp³-hybridized carbons (Fsp3) is 1.00. The summed E-state index contributed by atoms with van der Waals surface area (Å²) < 4.78 is 5.74. The minimum atomic E-state index is 0.162. The van der Waals surface area contributed by atoms with Gasteiger partial charge in [0, 0.05) is 19.7 Å². The van der Waals surface area contributed by atoms with E-state index in [4.69, 9.17) is 4.74 Å². The van der Waals surface area contributed by atoms with Crippen molar-refractivity contribution >= 4 is 0 Å². The van der Waals surface area contributed by atoms with E-state index in [0.29, 0.717) is 0 Å². The van der Waals surface area contributed by atoms with Crippen LogP contribution in [0.25, 0.3) is 0 Å². The fourth-order valence-electron chi connectivity index (χ4n) is 2.36. The van der Waals surface area contributed by atoms with E-state index in [2.05, 4.69) is 12.2 Å². The van der Waals surface area contributed by atoms with Gasteiger partial charge in [-0.1, -0.05) is 6.92 Å². The van der Waals surface area contributed by atoms with E-state index >= 15 is 0 Å². The van der Waals surface area contributed by atoms with E-state index in [0.717, 1.165) is 18.5 Å². The zero-order valence-corrected chi connectivity index (χ0v) is 9.51. The van der Waals surface area contributed by atoms with Crippen LogP contribution in [0.5, 0.6) is 0 Å². The predicted octanol–water partition coefficient (Wildman–Crippen LogP) is 2.33. The molecule has 0 heterocycles. The number of methoxy groups -OCH3 is 1. The largest absolute Gasteiger partial charge is 0.377 e. The molecule has 2 aliphatic rings. The van der Waals surface area contributed by atoms with Gasteiger partial charge in [0.25, 0.3) is 0 Å². The Morgan fingerprint density at radius 3 is 2.36 bits per heavy atom. The zero-order chi connectivity index (χ0) is 10.0. The molecular formula is C12H23NO. The number of hydrogen-bond acceptors (Lipinski definition) is 2. The number of nitrogens with one attached hydrogen (secondary N) is 1. The lowest BCUT2D eigenvalue weighted by atomic mass is 9.79. The molecule has 0 spiro atoms. The maximum atomic E-state index is 5.74. The molecule has 2 saturated carbocycles. The second kappa shape index (κ2) is 4.19. The van der Waals surface area contributed by atoms with Crippen LogP contribution in [0, 0.1) is 5.92 Å². The van der Waals surface area contributed by atoms with Crippen LogP contribution >= 0.6 is 0 Å². The average Bonchev–Trinajstić information content (AvgIpc) is 3.02. The lowest BCUT2D eigenvalue weighted by Gasteiger charge is -2.38. The maximum Gasteiger partial charge on any atom is 0.0802 e. The van der Waals surface area contributed by atoms with Gasteiger partial charge >= 0.3 is 0 Å². The highest BCUT2D eigenvalue weighted by Gasteiger charge is 2.35. The van der Waals surface area contributed by atoms with Gasteiger partial charge in [0.1, 0.15) is 0 Å². The van der Waals surface area contributed by atoms with Gasteiger partial charge in [-0.3, -0.25) is 0 Å². The molecule has 0 amide bonds. The fourth-order valence-corrected chi connectivity index (χ4v) is 2.36. The second-order valence-corrected chi connectivity index (χ2v) is 5.22. The first kappa shape index (κ1) is 10.4. The lowest BCUT2D eigenvalue weighted by molar-refractivity contribution is -0.0460. The molecule has 2 heteroatoms. The van der Waals surface area contributed by atoms with E-state index in [1.807, 2.05) is 7.11 Å². The van der Waals surface area contributed by atoms with Crippen LogP contribution in [-0.4, -0.2) is 25.3 Å². The molecule has 14 heavy (non-hydrogen) atoms. The van der Waals surface area contributed by atoms with Crippen molar-refractivity contribution < 1.29 is 4.74 Å². The highest BCUT2D eigenvalue weighted by atomic mass is 16.5. The summed E-state index contributed by atoms with van der Waals surface area (Å²) in [6.07, 6.45) is 7.89. The van der Waals surface area contributed by atoms with E-state index in [1.165, 1.54) is 38.5 Å². The smallest absolute Gasteiger partial charge is 0.0802 e. The molecule has 82 valence electrons. The van der Waals surface area contributed by atoms with Crippen LogP contribution < -0.4 is 5.32 Å². The van der Waals surface area contributed by atoms with Gasteiger partial charge < -0.3 is 10.1 Å². The third-order valence-corrected chi connectivity index (χ3v) is 3.91. The van der Waals surface area contributed by atoms with Crippen molar-refractivity contribution in [2.75, 3.05) is 13.7 Å². The molecule has 0 atom stereocenters. The molecule has 0 aromatic rings. The first-order valence-electron chi connectivity index (χ1n) is 6.03. The Kier molecular flexibility index (Phi) is 3.13. The molecular weight excluding hydrogens is 174 g/mol. The standard InChI is InChI=1S/C12H23NO/c1-10-5-7-12(14-2,8-6-10)9-13-11-3-4-11/h10-11,13H,3-9H2,1-2H3. The quantitative estimate of drug-likeness (QED) is 0.747. The van der Waals surface area contributed by atoms with Crippen LogP contribution in [-0.2, 0) is 4.74 Å². The zero-order valence-electron chi connectivity index (χ0n) is 9.51. The maximum absolute atomic E-state index is 5.74. The Bertz CT molecular complexity index is 181. The summed E-state index contributed by atoms with van der Waals surface area (Å²) in [6.45, 7) is 3.43. The van der Waals surface area contributed by atoms with Gasteiger partial charge in [-0.25, -0.2) is 0 Å². The Morgan fingerprint density at radius 2 is 1.86 bits per heavy atom. The van der Waals surface area contributed by atoms with Crippen molar-refractivity contribution in [3.63, 3.8) is 0 Å². The molecule has 0 bridgehead atoms. The molecule has 0 radical (unpaired) electrons. The number of ether oxygens (including phenoxy) is 1. The summed E-state index contributed by atoms with van der Waals surface area (Å²) >= 11 is 0. The minimum Gasteiger partial charge on any atom is -0.377 e. The Morgan fingerprint density at radius 1 is 1.21 bits per heavy atom. The Labute approximate surface area is 87.4 Å². The molecule has 2 rings (SSSR count). The summed E-state index contributed by atoms with van der Waals surface area (Å²) in [5, 5.41) is 3.61. The molecule has 0 aromatic heterocycles. The predicted molar refractivity (Wildman–Crippen MR) is 58.4 cm³/mol. The van der Waals surface area contributed by atoms with Crippen LogP contribution in [0.15, 0.2) is 0 Å². The van der Waals surface area contributed by atoms with Crippen molar-refractivity contribution in [1.82, 2.24) is 5.32 Å². The average molecular weight is 197 g/mol. The van der Waals surface area contributed by atoms with Crippen molar-refractivity contribution in [2.24, 2.45) is 5.92 Å². The Balaban J connectivity index is 1.81. The first-order chi connectivity index (χ1) is 6.74. The highest BCUT2D eigenvalue weighted by molar-refractivity contribution is 4.91. The lowest BCUT2D eigenvalue weighted by Crippen LogP contribution is -2.45. The first-order valence-corrected chi connectivity index (χ1v) is 6.03. The van der Waals surface area contributed by atoms with Gasteiger partial charge in [0.05, 0.1) is 5.60 Å². The summed E-state index contributed by atoms with van der Waals surface area (Å²) in [6, 6.07) is 0.807. The van der Waals surface area contributed by atoms with E-state index in [1.54, 1.807) is 0 Å². The number of rotatable bonds is 4. The summed E-state index contributed by atoms with van der Waals surface area (Å²) in [5.74, 6) is 0.902. The summed E-state index contributed by atoms with van der Waals surface area (Å²) in [4.78, 5) is 0. The highest BCUT2D eigenvalue weighted by Crippen LogP contribution is 2.34. The van der Waals surface area contributed by atoms with Gasteiger partial charge in [-0.15, -0.1) is 0 Å². The van der Waals surface area contributed by atoms with Crippen LogP contribution in [0.1, 0.15) is 45.4 Å². The summed E-state index contributed by atoms with van der Waals surface area (Å²) in [7, 11) is 1.88. The Hall–Kier alpha value is -0.0800. The third kappa shape index (κ3) is 2.48.